The van der Waals surface area contributed by atoms with Crippen molar-refractivity contribution in [2.24, 2.45) is 5.92 Å². The van der Waals surface area contributed by atoms with Gasteiger partial charge in [0, 0.05) is 25.8 Å². The summed E-state index contributed by atoms with van der Waals surface area (Å²) in [5, 5.41) is 3.04. The number of hydrogen-bond donors (Lipinski definition) is 1. The Labute approximate surface area is 159 Å². The second kappa shape index (κ2) is 7.58. The summed E-state index contributed by atoms with van der Waals surface area (Å²) in [7, 11) is 0. The van der Waals surface area contributed by atoms with Crippen LogP contribution in [0.5, 0.6) is 0 Å². The molecule has 0 radical (unpaired) electrons. The predicted molar refractivity (Wildman–Crippen MR) is 103 cm³/mol. The van der Waals surface area contributed by atoms with E-state index in [0.29, 0.717) is 31.2 Å². The van der Waals surface area contributed by atoms with E-state index < -0.39 is 5.60 Å². The van der Waals surface area contributed by atoms with E-state index in [-0.39, 0.29) is 12.0 Å². The number of aromatic nitrogens is 2. The predicted octanol–water partition coefficient (Wildman–Crippen LogP) is 3.02. The number of nitrogens with one attached hydrogen (secondary N) is 1. The van der Waals surface area contributed by atoms with E-state index in [1.54, 1.807) is 4.90 Å². The average molecular weight is 372 g/mol. The summed E-state index contributed by atoms with van der Waals surface area (Å²) < 4.78 is 7.24. The number of ether oxygens (including phenoxy) is 1. The van der Waals surface area contributed by atoms with Gasteiger partial charge in [0.05, 0.1) is 5.69 Å². The van der Waals surface area contributed by atoms with Crippen LogP contribution in [0.3, 0.4) is 0 Å². The Morgan fingerprint density at radius 2 is 1.96 bits per heavy atom. The first-order valence-electron chi connectivity index (χ1n) is 9.44. The lowest BCUT2D eigenvalue weighted by atomic mass is 9.97. The van der Waals surface area contributed by atoms with Gasteiger partial charge >= 0.3 is 6.09 Å². The fraction of sp³-hybridized carbons (Fsp3) is 0.550. The van der Waals surface area contributed by atoms with Crippen LogP contribution in [0.15, 0.2) is 24.4 Å². The maximum Gasteiger partial charge on any atom is 0.410 e. The third-order valence-electron chi connectivity index (χ3n) is 4.74. The lowest BCUT2D eigenvalue weighted by Crippen LogP contribution is -2.43. The quantitative estimate of drug-likeness (QED) is 0.899. The zero-order chi connectivity index (χ0) is 19.6. The number of carbonyl (C=O) groups is 2. The fourth-order valence-electron chi connectivity index (χ4n) is 3.35. The summed E-state index contributed by atoms with van der Waals surface area (Å²) in [6, 6.07) is 5.68. The largest absolute Gasteiger partial charge is 0.444 e. The Hall–Kier alpha value is -2.57. The molecule has 1 aliphatic heterocycles. The summed E-state index contributed by atoms with van der Waals surface area (Å²) in [6.45, 7) is 9.37. The zero-order valence-corrected chi connectivity index (χ0v) is 16.5. The second-order valence-corrected chi connectivity index (χ2v) is 8.10. The number of imidazole rings is 1. The number of fused-ring (bicyclic) bond motifs is 1. The highest BCUT2D eigenvalue weighted by Gasteiger charge is 2.27. The molecule has 0 atom stereocenters. The molecular weight excluding hydrogens is 344 g/mol. The fourth-order valence-corrected chi connectivity index (χ4v) is 3.35. The number of nitrogens with zero attached hydrogens (tertiary/aromatic N) is 3. The van der Waals surface area contributed by atoms with Crippen LogP contribution < -0.4 is 5.32 Å². The number of rotatable bonds is 3. The number of aryl methyl sites for hydroxylation is 1. The maximum atomic E-state index is 12.7. The van der Waals surface area contributed by atoms with Gasteiger partial charge in [-0.15, -0.1) is 0 Å². The first kappa shape index (κ1) is 19.2. The van der Waals surface area contributed by atoms with E-state index in [1.165, 1.54) is 0 Å². The van der Waals surface area contributed by atoms with Gasteiger partial charge in [0.25, 0.3) is 5.91 Å². The summed E-state index contributed by atoms with van der Waals surface area (Å²) in [5.41, 5.74) is 1.59. The van der Waals surface area contributed by atoms with Gasteiger partial charge in [-0.25, -0.2) is 9.78 Å². The minimum absolute atomic E-state index is 0.110. The van der Waals surface area contributed by atoms with Gasteiger partial charge in [0.15, 0.2) is 0 Å². The molecule has 0 aliphatic carbocycles. The molecule has 0 saturated carbocycles. The molecule has 1 fully saturated rings. The molecular formula is C20H28N4O3. The van der Waals surface area contributed by atoms with Crippen molar-refractivity contribution in [2.45, 2.75) is 46.1 Å². The SMILES string of the molecule is Cc1nc2ccccn2c1C(=O)NCC1CCN(C(=O)OC(C)(C)C)CC1. The lowest BCUT2D eigenvalue weighted by Gasteiger charge is -2.33. The highest BCUT2D eigenvalue weighted by Crippen LogP contribution is 2.19. The van der Waals surface area contributed by atoms with Gasteiger partial charge in [0.1, 0.15) is 16.9 Å². The number of piperidine rings is 1. The highest BCUT2D eigenvalue weighted by molar-refractivity contribution is 5.94. The smallest absolute Gasteiger partial charge is 0.410 e. The van der Waals surface area contributed by atoms with Crippen molar-refractivity contribution in [1.82, 2.24) is 19.6 Å². The Morgan fingerprint density at radius 1 is 1.26 bits per heavy atom. The van der Waals surface area contributed by atoms with Gasteiger partial charge in [0.2, 0.25) is 0 Å². The molecule has 2 aromatic heterocycles. The molecule has 7 nitrogen and oxygen atoms in total. The van der Waals surface area contributed by atoms with Gasteiger partial charge in [-0.2, -0.15) is 0 Å². The molecule has 0 aromatic carbocycles. The number of carbonyl (C=O) groups excluding carboxylic acids is 2. The van der Waals surface area contributed by atoms with Gasteiger partial charge in [-0.3, -0.25) is 9.20 Å². The molecule has 3 rings (SSSR count). The Bertz CT molecular complexity index is 829. The molecule has 1 N–H and O–H groups in total. The van der Waals surface area contributed by atoms with Crippen LogP contribution in [0, 0.1) is 12.8 Å². The van der Waals surface area contributed by atoms with Crippen molar-refractivity contribution in [1.29, 1.82) is 0 Å². The van der Waals surface area contributed by atoms with Crippen LogP contribution in [0.2, 0.25) is 0 Å². The van der Waals surface area contributed by atoms with E-state index in [2.05, 4.69) is 10.3 Å². The van der Waals surface area contributed by atoms with Gasteiger partial charge < -0.3 is 15.0 Å². The normalized spacial score (nSPS) is 15.8. The molecule has 146 valence electrons. The Balaban J connectivity index is 1.52. The van der Waals surface area contributed by atoms with Crippen LogP contribution in [-0.4, -0.2) is 51.5 Å². The molecule has 2 aromatic rings. The minimum Gasteiger partial charge on any atom is -0.444 e. The van der Waals surface area contributed by atoms with Crippen molar-refractivity contribution in [2.75, 3.05) is 19.6 Å². The summed E-state index contributed by atoms with van der Waals surface area (Å²) in [6.07, 6.45) is 3.30. The Kier molecular flexibility index (Phi) is 5.39. The maximum absolute atomic E-state index is 12.7. The number of pyridine rings is 1. The molecule has 0 unspecified atom stereocenters. The zero-order valence-electron chi connectivity index (χ0n) is 16.5. The van der Waals surface area contributed by atoms with Crippen LogP contribution in [0.1, 0.15) is 49.8 Å². The molecule has 1 saturated heterocycles. The van der Waals surface area contributed by atoms with Crippen molar-refractivity contribution < 1.29 is 14.3 Å². The van der Waals surface area contributed by atoms with Crippen molar-refractivity contribution in [3.05, 3.63) is 35.8 Å². The van der Waals surface area contributed by atoms with Crippen LogP contribution in [0.4, 0.5) is 4.79 Å². The van der Waals surface area contributed by atoms with Crippen molar-refractivity contribution in [3.63, 3.8) is 0 Å². The third-order valence-corrected chi connectivity index (χ3v) is 4.74. The van der Waals surface area contributed by atoms with E-state index in [9.17, 15) is 9.59 Å². The van der Waals surface area contributed by atoms with Crippen LogP contribution >= 0.6 is 0 Å². The lowest BCUT2D eigenvalue weighted by molar-refractivity contribution is 0.0183. The standard InChI is InChI=1S/C20H28N4O3/c1-14-17(24-10-6-5-7-16(24)22-14)18(25)21-13-15-8-11-23(12-9-15)19(26)27-20(2,3)4/h5-7,10,15H,8-9,11-13H2,1-4H3,(H,21,25). The van der Waals surface area contributed by atoms with E-state index in [4.69, 9.17) is 4.74 Å². The van der Waals surface area contributed by atoms with Gasteiger partial charge in [-0.1, -0.05) is 6.07 Å². The molecule has 0 spiro atoms. The van der Waals surface area contributed by atoms with Crippen molar-refractivity contribution in [3.8, 4) is 0 Å². The van der Waals surface area contributed by atoms with E-state index >= 15 is 0 Å². The summed E-state index contributed by atoms with van der Waals surface area (Å²) >= 11 is 0. The van der Waals surface area contributed by atoms with Crippen LogP contribution in [0.25, 0.3) is 5.65 Å². The number of amides is 2. The average Bonchev–Trinajstić information content (AvgIpc) is 2.94. The second-order valence-electron chi connectivity index (χ2n) is 8.10. The minimum atomic E-state index is -0.478. The molecule has 7 heteroatoms. The molecule has 2 amide bonds. The van der Waals surface area contributed by atoms with E-state index in [1.807, 2.05) is 56.5 Å². The monoisotopic (exact) mass is 372 g/mol. The van der Waals surface area contributed by atoms with Crippen molar-refractivity contribution >= 4 is 17.6 Å². The molecule has 27 heavy (non-hydrogen) atoms. The Morgan fingerprint density at radius 3 is 2.63 bits per heavy atom. The molecule has 3 heterocycles. The highest BCUT2D eigenvalue weighted by atomic mass is 16.6. The van der Waals surface area contributed by atoms with E-state index in [0.717, 1.165) is 24.2 Å². The van der Waals surface area contributed by atoms with Gasteiger partial charge in [-0.05, 0) is 58.6 Å². The summed E-state index contributed by atoms with van der Waals surface area (Å²) in [5.74, 6) is 0.243. The topological polar surface area (TPSA) is 75.9 Å². The molecule has 1 aliphatic rings. The first-order chi connectivity index (χ1) is 12.7. The summed E-state index contributed by atoms with van der Waals surface area (Å²) in [4.78, 5) is 31.0. The number of likely N-dealkylation sites (tertiary alicyclic amines) is 1. The van der Waals surface area contributed by atoms with Crippen LogP contribution in [-0.2, 0) is 4.74 Å². The molecule has 0 bridgehead atoms. The first-order valence-corrected chi connectivity index (χ1v) is 9.44. The number of hydrogen-bond acceptors (Lipinski definition) is 4. The third kappa shape index (κ3) is 4.59.